The van der Waals surface area contributed by atoms with E-state index in [9.17, 15) is 9.59 Å². The van der Waals surface area contributed by atoms with Crippen LogP contribution in [0.4, 0.5) is 0 Å². The van der Waals surface area contributed by atoms with E-state index >= 15 is 0 Å². The Morgan fingerprint density at radius 3 is 2.78 bits per heavy atom. The van der Waals surface area contributed by atoms with E-state index in [1.54, 1.807) is 24.3 Å². The monoisotopic (exact) mass is 246 g/mol. The number of carbonyl (C=O) groups is 2. The molecular formula is C11H10N4O3. The molecule has 0 aliphatic heterocycles. The van der Waals surface area contributed by atoms with E-state index < -0.39 is 5.97 Å². The number of tetrazole rings is 1. The Morgan fingerprint density at radius 1 is 1.33 bits per heavy atom. The first-order chi connectivity index (χ1) is 8.68. The van der Waals surface area contributed by atoms with Crippen LogP contribution in [-0.2, 0) is 9.53 Å². The van der Waals surface area contributed by atoms with Crippen LogP contribution < -0.4 is 0 Å². The number of hydrogen-bond acceptors (Lipinski definition) is 6. The zero-order valence-electron chi connectivity index (χ0n) is 9.61. The van der Waals surface area contributed by atoms with Crippen LogP contribution in [-0.4, -0.2) is 38.6 Å². The van der Waals surface area contributed by atoms with Gasteiger partial charge in [0.15, 0.2) is 5.78 Å². The van der Waals surface area contributed by atoms with Crippen molar-refractivity contribution < 1.29 is 14.3 Å². The van der Waals surface area contributed by atoms with E-state index in [1.165, 1.54) is 17.9 Å². The number of Topliss-reactive ketones (excluding diaryl/α,β-unsaturated/α-hetero) is 1. The van der Waals surface area contributed by atoms with Crippen molar-refractivity contribution in [1.29, 1.82) is 0 Å². The van der Waals surface area contributed by atoms with E-state index in [2.05, 4.69) is 15.5 Å². The molecule has 18 heavy (non-hydrogen) atoms. The Hall–Kier alpha value is -2.57. The molecule has 0 bridgehead atoms. The highest BCUT2D eigenvalue weighted by atomic mass is 16.5. The molecule has 1 aromatic carbocycles. The van der Waals surface area contributed by atoms with Gasteiger partial charge in [-0.1, -0.05) is 12.1 Å². The van der Waals surface area contributed by atoms with Crippen LogP contribution in [0, 0.1) is 0 Å². The summed E-state index contributed by atoms with van der Waals surface area (Å²) in [6, 6.07) is 6.71. The van der Waals surface area contributed by atoms with E-state index in [0.717, 1.165) is 0 Å². The van der Waals surface area contributed by atoms with Crippen molar-refractivity contribution in [3.05, 3.63) is 36.2 Å². The number of ether oxygens (including phenoxy) is 1. The molecule has 7 heteroatoms. The Kier molecular flexibility index (Phi) is 3.42. The van der Waals surface area contributed by atoms with Crippen LogP contribution in [0.5, 0.6) is 0 Å². The number of rotatable bonds is 4. The van der Waals surface area contributed by atoms with Crippen LogP contribution >= 0.6 is 0 Å². The first kappa shape index (κ1) is 11.9. The fourth-order valence-corrected chi connectivity index (χ4v) is 1.36. The summed E-state index contributed by atoms with van der Waals surface area (Å²) in [5.74, 6) is -0.806. The number of nitrogens with zero attached hydrogens (tertiary/aromatic N) is 4. The molecule has 0 saturated carbocycles. The Morgan fingerprint density at radius 2 is 2.11 bits per heavy atom. The molecule has 0 amide bonds. The Bertz CT molecular complexity index is 565. The highest BCUT2D eigenvalue weighted by Gasteiger charge is 2.14. The van der Waals surface area contributed by atoms with Crippen molar-refractivity contribution in [2.75, 3.05) is 6.61 Å². The topological polar surface area (TPSA) is 87.0 Å². The second-order valence-electron chi connectivity index (χ2n) is 3.55. The van der Waals surface area contributed by atoms with Crippen molar-refractivity contribution in [3.63, 3.8) is 0 Å². The fourth-order valence-electron chi connectivity index (χ4n) is 1.36. The van der Waals surface area contributed by atoms with Crippen LogP contribution in [0.25, 0.3) is 5.69 Å². The summed E-state index contributed by atoms with van der Waals surface area (Å²) < 4.78 is 6.21. The molecular weight excluding hydrogens is 236 g/mol. The highest BCUT2D eigenvalue weighted by Crippen LogP contribution is 2.13. The van der Waals surface area contributed by atoms with Gasteiger partial charge >= 0.3 is 5.97 Å². The number of ketones is 1. The van der Waals surface area contributed by atoms with Gasteiger partial charge in [-0.2, -0.15) is 4.68 Å². The third-order valence-corrected chi connectivity index (χ3v) is 2.13. The van der Waals surface area contributed by atoms with Gasteiger partial charge in [0.1, 0.15) is 12.9 Å². The summed E-state index contributed by atoms with van der Waals surface area (Å²) in [5, 5.41) is 10.7. The lowest BCUT2D eigenvalue weighted by Gasteiger charge is -2.07. The van der Waals surface area contributed by atoms with Crippen LogP contribution in [0.2, 0.25) is 0 Å². The maximum absolute atomic E-state index is 11.8. The van der Waals surface area contributed by atoms with Crippen molar-refractivity contribution in [1.82, 2.24) is 20.2 Å². The fraction of sp³-hybridized carbons (Fsp3) is 0.182. The molecule has 0 fully saturated rings. The van der Waals surface area contributed by atoms with Gasteiger partial charge in [-0.3, -0.25) is 4.79 Å². The van der Waals surface area contributed by atoms with Crippen LogP contribution in [0.1, 0.15) is 17.3 Å². The zero-order valence-corrected chi connectivity index (χ0v) is 9.61. The molecule has 0 N–H and O–H groups in total. The first-order valence-electron chi connectivity index (χ1n) is 5.17. The number of benzene rings is 1. The zero-order chi connectivity index (χ0) is 13.0. The van der Waals surface area contributed by atoms with Gasteiger partial charge in [0, 0.05) is 0 Å². The third kappa shape index (κ3) is 2.57. The predicted molar refractivity (Wildman–Crippen MR) is 60.1 cm³/mol. The van der Waals surface area contributed by atoms with Crippen molar-refractivity contribution in [3.8, 4) is 5.69 Å². The average Bonchev–Trinajstić information content (AvgIpc) is 2.89. The van der Waals surface area contributed by atoms with Crippen molar-refractivity contribution >= 4 is 11.8 Å². The predicted octanol–water partition coefficient (Wildman–Crippen LogP) is 0.408. The lowest BCUT2D eigenvalue weighted by atomic mass is 10.2. The molecule has 0 aliphatic carbocycles. The van der Waals surface area contributed by atoms with Crippen molar-refractivity contribution in [2.24, 2.45) is 0 Å². The molecule has 1 heterocycles. The van der Waals surface area contributed by atoms with E-state index in [4.69, 9.17) is 4.74 Å². The summed E-state index contributed by atoms with van der Waals surface area (Å²) in [6.45, 7) is 1.10. The number of hydrogen-bond donors (Lipinski definition) is 0. The second kappa shape index (κ2) is 5.17. The molecule has 7 nitrogen and oxygen atoms in total. The van der Waals surface area contributed by atoms with Gasteiger partial charge in [0.2, 0.25) is 0 Å². The largest absolute Gasteiger partial charge is 0.454 e. The molecule has 0 saturated heterocycles. The van der Waals surface area contributed by atoms with Crippen LogP contribution in [0.3, 0.4) is 0 Å². The average molecular weight is 246 g/mol. The number of para-hydroxylation sites is 1. The Labute approximate surface area is 102 Å². The maximum atomic E-state index is 11.8. The summed E-state index contributed by atoms with van der Waals surface area (Å²) in [4.78, 5) is 22.6. The second-order valence-corrected chi connectivity index (χ2v) is 3.55. The van der Waals surface area contributed by atoms with Crippen LogP contribution in [0.15, 0.2) is 30.6 Å². The minimum absolute atomic E-state index is 0.219. The quantitative estimate of drug-likeness (QED) is 0.726. The molecule has 92 valence electrons. The van der Waals surface area contributed by atoms with Gasteiger partial charge in [-0.15, -0.1) is 5.10 Å². The molecule has 1 aromatic heterocycles. The van der Waals surface area contributed by atoms with E-state index in [1.807, 2.05) is 0 Å². The van der Waals surface area contributed by atoms with Gasteiger partial charge in [-0.25, -0.2) is 4.79 Å². The Balaban J connectivity index is 2.28. The summed E-state index contributed by atoms with van der Waals surface area (Å²) in [7, 11) is 0. The van der Waals surface area contributed by atoms with Gasteiger partial charge in [0.25, 0.3) is 0 Å². The molecule has 0 atom stereocenters. The molecule has 0 spiro atoms. The molecule has 2 rings (SSSR count). The molecule has 0 aliphatic rings. The molecule has 0 unspecified atom stereocenters. The SMILES string of the molecule is CC(=O)COC(=O)c1ccccc1-n1cnnn1. The standard InChI is InChI=1S/C11H10N4O3/c1-8(16)6-18-11(17)9-4-2-3-5-10(9)15-7-12-13-14-15/h2-5,7H,6H2,1H3. The number of esters is 1. The van der Waals surface area contributed by atoms with Gasteiger partial charge in [-0.05, 0) is 29.5 Å². The highest BCUT2D eigenvalue weighted by molar-refractivity contribution is 5.94. The first-order valence-corrected chi connectivity index (χ1v) is 5.17. The summed E-state index contributed by atoms with van der Waals surface area (Å²) in [6.07, 6.45) is 1.37. The number of carbonyl (C=O) groups excluding carboxylic acids is 2. The van der Waals surface area contributed by atoms with Gasteiger partial charge in [0.05, 0.1) is 11.3 Å². The minimum atomic E-state index is -0.587. The van der Waals surface area contributed by atoms with E-state index in [0.29, 0.717) is 11.3 Å². The normalized spacial score (nSPS) is 10.1. The lowest BCUT2D eigenvalue weighted by molar-refractivity contribution is -0.120. The lowest BCUT2D eigenvalue weighted by Crippen LogP contribution is -2.14. The maximum Gasteiger partial charge on any atom is 0.340 e. The minimum Gasteiger partial charge on any atom is -0.454 e. The van der Waals surface area contributed by atoms with Gasteiger partial charge < -0.3 is 4.74 Å². The smallest absolute Gasteiger partial charge is 0.340 e. The number of aromatic nitrogens is 4. The summed E-state index contributed by atoms with van der Waals surface area (Å²) >= 11 is 0. The van der Waals surface area contributed by atoms with Crippen molar-refractivity contribution in [2.45, 2.75) is 6.92 Å². The summed E-state index contributed by atoms with van der Waals surface area (Å²) in [5.41, 5.74) is 0.794. The molecule has 2 aromatic rings. The third-order valence-electron chi connectivity index (χ3n) is 2.13. The molecule has 0 radical (unpaired) electrons. The van der Waals surface area contributed by atoms with E-state index in [-0.39, 0.29) is 12.4 Å².